The summed E-state index contributed by atoms with van der Waals surface area (Å²) in [4.78, 5) is 16.5. The lowest BCUT2D eigenvalue weighted by atomic mass is 10.2. The molecule has 2 aromatic carbocycles. The molecule has 0 fully saturated rings. The summed E-state index contributed by atoms with van der Waals surface area (Å²) >= 11 is 0. The molecule has 0 aliphatic heterocycles. The van der Waals surface area contributed by atoms with E-state index in [9.17, 15) is 13.2 Å². The number of aromatic nitrogens is 1. The number of para-hydroxylation sites is 2. The van der Waals surface area contributed by atoms with Crippen LogP contribution in [0.2, 0.25) is 0 Å². The van der Waals surface area contributed by atoms with Crippen molar-refractivity contribution in [2.24, 2.45) is 0 Å². The summed E-state index contributed by atoms with van der Waals surface area (Å²) < 4.78 is 35.6. The highest BCUT2D eigenvalue weighted by Crippen LogP contribution is 2.24. The molecular weight excluding hydrogens is 380 g/mol. The third-order valence-electron chi connectivity index (χ3n) is 4.00. The maximum atomic E-state index is 12.7. The first kappa shape index (κ1) is 19.4. The maximum Gasteiger partial charge on any atom is 0.257 e. The largest absolute Gasteiger partial charge is 0.497 e. The van der Waals surface area contributed by atoms with Gasteiger partial charge in [-0.25, -0.2) is 13.4 Å². The fraction of sp³-hybridized carbons (Fsp3) is 0.100. The summed E-state index contributed by atoms with van der Waals surface area (Å²) in [6.07, 6.45) is 1.22. The number of hydrogen-bond donors (Lipinski definition) is 1. The molecule has 28 heavy (non-hydrogen) atoms. The standard InChI is InChI=1S/C20H18N2O5S/c1-26-15-8-10-16(11-9-15)28(24,25)19-12-7-14(13-21-19)20(23)22-17-5-3-4-6-18(17)27-2/h3-13H,1-2H3,(H,22,23). The Labute approximate surface area is 162 Å². The number of sulfone groups is 1. The average Bonchev–Trinajstić information content (AvgIpc) is 2.74. The highest BCUT2D eigenvalue weighted by atomic mass is 32.2. The molecule has 0 aliphatic rings. The van der Waals surface area contributed by atoms with E-state index in [1.165, 1.54) is 44.7 Å². The van der Waals surface area contributed by atoms with Gasteiger partial charge in [-0.1, -0.05) is 12.1 Å². The Morgan fingerprint density at radius 1 is 0.929 bits per heavy atom. The van der Waals surface area contributed by atoms with E-state index in [0.717, 1.165) is 0 Å². The molecule has 0 radical (unpaired) electrons. The molecular formula is C20H18N2O5S. The van der Waals surface area contributed by atoms with Gasteiger partial charge in [-0.15, -0.1) is 0 Å². The van der Waals surface area contributed by atoms with Crippen LogP contribution in [0.25, 0.3) is 0 Å². The first-order chi connectivity index (χ1) is 13.5. The SMILES string of the molecule is COc1ccc(S(=O)(=O)c2ccc(C(=O)Nc3ccccc3OC)cn2)cc1. The second-order valence-electron chi connectivity index (χ2n) is 5.72. The molecule has 3 aromatic rings. The van der Waals surface area contributed by atoms with Crippen LogP contribution >= 0.6 is 0 Å². The van der Waals surface area contributed by atoms with Crippen LogP contribution in [0.15, 0.2) is 76.8 Å². The molecule has 0 aliphatic carbocycles. The van der Waals surface area contributed by atoms with E-state index < -0.39 is 15.7 Å². The van der Waals surface area contributed by atoms with Crippen molar-refractivity contribution in [3.8, 4) is 11.5 Å². The minimum absolute atomic E-state index is 0.0898. The first-order valence-electron chi connectivity index (χ1n) is 8.25. The fourth-order valence-electron chi connectivity index (χ4n) is 2.49. The number of carbonyl (C=O) groups excluding carboxylic acids is 1. The van der Waals surface area contributed by atoms with Crippen molar-refractivity contribution >= 4 is 21.4 Å². The number of nitrogens with zero attached hydrogens (tertiary/aromatic N) is 1. The van der Waals surface area contributed by atoms with Crippen LogP contribution in [0.3, 0.4) is 0 Å². The number of pyridine rings is 1. The summed E-state index contributed by atoms with van der Waals surface area (Å²) in [5, 5.41) is 2.57. The van der Waals surface area contributed by atoms with Crippen LogP contribution in [0.5, 0.6) is 11.5 Å². The van der Waals surface area contributed by atoms with Crippen molar-refractivity contribution < 1.29 is 22.7 Å². The molecule has 7 nitrogen and oxygen atoms in total. The van der Waals surface area contributed by atoms with E-state index in [4.69, 9.17) is 9.47 Å². The van der Waals surface area contributed by atoms with Gasteiger partial charge in [0, 0.05) is 6.20 Å². The van der Waals surface area contributed by atoms with Gasteiger partial charge < -0.3 is 14.8 Å². The van der Waals surface area contributed by atoms with Gasteiger partial charge in [-0.3, -0.25) is 4.79 Å². The zero-order valence-corrected chi connectivity index (χ0v) is 16.1. The second kappa shape index (κ2) is 8.10. The minimum Gasteiger partial charge on any atom is -0.497 e. The topological polar surface area (TPSA) is 94.6 Å². The van der Waals surface area contributed by atoms with E-state index >= 15 is 0 Å². The molecule has 0 atom stereocenters. The maximum absolute atomic E-state index is 12.7. The van der Waals surface area contributed by atoms with Gasteiger partial charge in [0.1, 0.15) is 11.5 Å². The van der Waals surface area contributed by atoms with Crippen LogP contribution in [0.1, 0.15) is 10.4 Å². The Kier molecular flexibility index (Phi) is 5.60. The van der Waals surface area contributed by atoms with Crippen LogP contribution < -0.4 is 14.8 Å². The van der Waals surface area contributed by atoms with Gasteiger partial charge in [-0.05, 0) is 48.5 Å². The molecule has 0 spiro atoms. The third-order valence-corrected chi connectivity index (χ3v) is 5.68. The number of amides is 1. The van der Waals surface area contributed by atoms with Crippen molar-refractivity contribution in [2.75, 3.05) is 19.5 Å². The zero-order valence-electron chi connectivity index (χ0n) is 15.2. The average molecular weight is 398 g/mol. The van der Waals surface area contributed by atoms with E-state index in [0.29, 0.717) is 17.2 Å². The van der Waals surface area contributed by atoms with E-state index in [-0.39, 0.29) is 15.5 Å². The summed E-state index contributed by atoms with van der Waals surface area (Å²) in [5.41, 5.74) is 0.726. The highest BCUT2D eigenvalue weighted by Gasteiger charge is 2.20. The molecule has 144 valence electrons. The number of rotatable bonds is 6. The molecule has 0 saturated heterocycles. The van der Waals surface area contributed by atoms with E-state index in [2.05, 4.69) is 10.3 Å². The lowest BCUT2D eigenvalue weighted by Gasteiger charge is -2.10. The number of ether oxygens (including phenoxy) is 2. The second-order valence-corrected chi connectivity index (χ2v) is 7.62. The summed E-state index contributed by atoms with van der Waals surface area (Å²) in [6.45, 7) is 0. The predicted molar refractivity (Wildman–Crippen MR) is 104 cm³/mol. The van der Waals surface area contributed by atoms with E-state index in [1.807, 2.05) is 0 Å². The Morgan fingerprint density at radius 3 is 2.25 bits per heavy atom. The van der Waals surface area contributed by atoms with Gasteiger partial charge in [0.25, 0.3) is 5.91 Å². The molecule has 0 saturated carbocycles. The lowest BCUT2D eigenvalue weighted by Crippen LogP contribution is -2.13. The van der Waals surface area contributed by atoms with Crippen LogP contribution in [0.4, 0.5) is 5.69 Å². The van der Waals surface area contributed by atoms with Gasteiger partial charge in [-0.2, -0.15) is 0 Å². The Hall–Kier alpha value is -3.39. The number of anilines is 1. The fourth-order valence-corrected chi connectivity index (χ4v) is 3.67. The molecule has 8 heteroatoms. The highest BCUT2D eigenvalue weighted by molar-refractivity contribution is 7.91. The molecule has 0 bridgehead atoms. The van der Waals surface area contributed by atoms with Crippen molar-refractivity contribution in [3.05, 3.63) is 72.4 Å². The van der Waals surface area contributed by atoms with Crippen LogP contribution in [0, 0.1) is 0 Å². The van der Waals surface area contributed by atoms with Crippen LogP contribution in [-0.4, -0.2) is 33.5 Å². The van der Waals surface area contributed by atoms with Crippen LogP contribution in [-0.2, 0) is 9.84 Å². The molecule has 0 unspecified atom stereocenters. The zero-order chi connectivity index (χ0) is 20.1. The smallest absolute Gasteiger partial charge is 0.257 e. The number of methoxy groups -OCH3 is 2. The monoisotopic (exact) mass is 398 g/mol. The Balaban J connectivity index is 1.81. The molecule has 1 heterocycles. The van der Waals surface area contributed by atoms with E-state index in [1.54, 1.807) is 36.4 Å². The molecule has 1 N–H and O–H groups in total. The first-order valence-corrected chi connectivity index (χ1v) is 9.73. The lowest BCUT2D eigenvalue weighted by molar-refractivity contribution is 0.102. The predicted octanol–water partition coefficient (Wildman–Crippen LogP) is 3.18. The number of carbonyl (C=O) groups is 1. The summed E-state index contributed by atoms with van der Waals surface area (Å²) in [5.74, 6) is 0.642. The van der Waals surface area contributed by atoms with Crippen molar-refractivity contribution in [1.82, 2.24) is 4.98 Å². The Bertz CT molecular complexity index is 1080. The third kappa shape index (κ3) is 3.96. The molecule has 1 amide bonds. The number of benzene rings is 2. The van der Waals surface area contributed by atoms with Crippen molar-refractivity contribution in [2.45, 2.75) is 9.92 Å². The van der Waals surface area contributed by atoms with Crippen molar-refractivity contribution in [1.29, 1.82) is 0 Å². The van der Waals surface area contributed by atoms with Gasteiger partial charge >= 0.3 is 0 Å². The quantitative estimate of drug-likeness (QED) is 0.685. The van der Waals surface area contributed by atoms with Crippen molar-refractivity contribution in [3.63, 3.8) is 0 Å². The normalized spacial score (nSPS) is 10.9. The minimum atomic E-state index is -3.79. The number of nitrogens with one attached hydrogen (secondary N) is 1. The molecule has 1 aromatic heterocycles. The Morgan fingerprint density at radius 2 is 1.64 bits per heavy atom. The van der Waals surface area contributed by atoms with Gasteiger partial charge in [0.15, 0.2) is 5.03 Å². The van der Waals surface area contributed by atoms with Gasteiger partial charge in [0.05, 0.1) is 30.4 Å². The summed E-state index contributed by atoms with van der Waals surface area (Å²) in [7, 11) is -0.789. The summed E-state index contributed by atoms with van der Waals surface area (Å²) in [6, 6.07) is 15.7. The number of hydrogen-bond acceptors (Lipinski definition) is 6. The van der Waals surface area contributed by atoms with Gasteiger partial charge in [0.2, 0.25) is 9.84 Å². The molecule has 3 rings (SSSR count).